The van der Waals surface area contributed by atoms with E-state index < -0.39 is 0 Å². The number of nitrogens with one attached hydrogen (secondary N) is 1. The molecule has 0 bridgehead atoms. The van der Waals surface area contributed by atoms with Crippen LogP contribution in [-0.2, 0) is 4.79 Å². The molecule has 0 spiro atoms. The van der Waals surface area contributed by atoms with Gasteiger partial charge in [0.1, 0.15) is 0 Å². The summed E-state index contributed by atoms with van der Waals surface area (Å²) in [5.41, 5.74) is 0. The summed E-state index contributed by atoms with van der Waals surface area (Å²) < 4.78 is 0. The van der Waals surface area contributed by atoms with Crippen LogP contribution in [0.1, 0.15) is 19.8 Å². The van der Waals surface area contributed by atoms with Gasteiger partial charge in [-0.25, -0.2) is 0 Å². The lowest BCUT2D eigenvalue weighted by Gasteiger charge is -2.36. The third kappa shape index (κ3) is 2.58. The SMILES string of the molecule is C=CC1CC(N[C@@H](C)C(=O)N(C)C)C1. The van der Waals surface area contributed by atoms with Crippen LogP contribution in [0.3, 0.4) is 0 Å². The van der Waals surface area contributed by atoms with E-state index >= 15 is 0 Å². The summed E-state index contributed by atoms with van der Waals surface area (Å²) in [5, 5.41) is 3.32. The smallest absolute Gasteiger partial charge is 0.238 e. The lowest BCUT2D eigenvalue weighted by molar-refractivity contribution is -0.130. The fourth-order valence-corrected chi connectivity index (χ4v) is 1.80. The van der Waals surface area contributed by atoms with Crippen molar-refractivity contribution < 1.29 is 4.79 Å². The second kappa shape index (κ2) is 4.60. The third-order valence-corrected chi connectivity index (χ3v) is 2.80. The molecule has 0 aromatic carbocycles. The van der Waals surface area contributed by atoms with Crippen molar-refractivity contribution in [1.82, 2.24) is 10.2 Å². The van der Waals surface area contributed by atoms with Gasteiger partial charge >= 0.3 is 0 Å². The normalized spacial score (nSPS) is 27.6. The first-order valence-electron chi connectivity index (χ1n) is 5.14. The maximum absolute atomic E-state index is 11.5. The molecule has 1 fully saturated rings. The number of amides is 1. The third-order valence-electron chi connectivity index (χ3n) is 2.80. The second-order valence-corrected chi connectivity index (χ2v) is 4.29. The summed E-state index contributed by atoms with van der Waals surface area (Å²) in [7, 11) is 3.57. The van der Waals surface area contributed by atoms with Crippen LogP contribution in [0.2, 0.25) is 0 Å². The summed E-state index contributed by atoms with van der Waals surface area (Å²) in [5.74, 6) is 0.793. The van der Waals surface area contributed by atoms with Gasteiger partial charge in [0.2, 0.25) is 5.91 Å². The monoisotopic (exact) mass is 196 g/mol. The molecule has 0 saturated heterocycles. The van der Waals surface area contributed by atoms with Crippen molar-refractivity contribution in [2.75, 3.05) is 14.1 Å². The maximum atomic E-state index is 11.5. The van der Waals surface area contributed by atoms with Crippen LogP contribution in [0.15, 0.2) is 12.7 Å². The molecule has 1 atom stereocenters. The van der Waals surface area contributed by atoms with Gasteiger partial charge in [-0.2, -0.15) is 0 Å². The van der Waals surface area contributed by atoms with Gasteiger partial charge in [0.05, 0.1) is 6.04 Å². The summed E-state index contributed by atoms with van der Waals surface area (Å²) in [4.78, 5) is 13.1. The van der Waals surface area contributed by atoms with Gasteiger partial charge in [-0.3, -0.25) is 4.79 Å². The van der Waals surface area contributed by atoms with Crippen molar-refractivity contribution >= 4 is 5.91 Å². The fourth-order valence-electron chi connectivity index (χ4n) is 1.80. The molecule has 1 N–H and O–H groups in total. The molecule has 3 nitrogen and oxygen atoms in total. The topological polar surface area (TPSA) is 32.3 Å². The Morgan fingerprint density at radius 2 is 2.14 bits per heavy atom. The van der Waals surface area contributed by atoms with Crippen LogP contribution in [0.5, 0.6) is 0 Å². The van der Waals surface area contributed by atoms with Crippen molar-refractivity contribution in [2.24, 2.45) is 5.92 Å². The summed E-state index contributed by atoms with van der Waals surface area (Å²) in [6, 6.07) is 0.428. The Balaban J connectivity index is 2.25. The van der Waals surface area contributed by atoms with Crippen molar-refractivity contribution in [3.05, 3.63) is 12.7 Å². The Morgan fingerprint density at radius 3 is 2.57 bits per heavy atom. The molecular formula is C11H20N2O. The van der Waals surface area contributed by atoms with E-state index in [1.807, 2.05) is 13.0 Å². The molecule has 80 valence electrons. The lowest BCUT2D eigenvalue weighted by Crippen LogP contribution is -2.50. The fraction of sp³-hybridized carbons (Fsp3) is 0.727. The average molecular weight is 196 g/mol. The van der Waals surface area contributed by atoms with Crippen LogP contribution in [0.4, 0.5) is 0 Å². The van der Waals surface area contributed by atoms with E-state index in [9.17, 15) is 4.79 Å². The second-order valence-electron chi connectivity index (χ2n) is 4.29. The minimum atomic E-state index is -0.0687. The first-order valence-corrected chi connectivity index (χ1v) is 5.14. The molecule has 0 unspecified atom stereocenters. The summed E-state index contributed by atoms with van der Waals surface area (Å²) >= 11 is 0. The maximum Gasteiger partial charge on any atom is 0.238 e. The first kappa shape index (κ1) is 11.2. The Hall–Kier alpha value is -0.830. The molecule has 14 heavy (non-hydrogen) atoms. The highest BCUT2D eigenvalue weighted by molar-refractivity contribution is 5.80. The molecule has 1 rings (SSSR count). The molecule has 0 aromatic rings. The van der Waals surface area contributed by atoms with Gasteiger partial charge < -0.3 is 10.2 Å². The van der Waals surface area contributed by atoms with Crippen LogP contribution in [-0.4, -0.2) is 37.0 Å². The summed E-state index contributed by atoms with van der Waals surface area (Å²) in [6.45, 7) is 5.68. The number of rotatable bonds is 4. The van der Waals surface area contributed by atoms with Crippen LogP contribution in [0.25, 0.3) is 0 Å². The molecule has 0 heterocycles. The largest absolute Gasteiger partial charge is 0.347 e. The van der Waals surface area contributed by atoms with E-state index in [0.717, 1.165) is 12.8 Å². The van der Waals surface area contributed by atoms with Crippen LogP contribution >= 0.6 is 0 Å². The molecule has 0 aromatic heterocycles. The number of likely N-dealkylation sites (N-methyl/N-ethyl adjacent to an activating group) is 1. The minimum Gasteiger partial charge on any atom is -0.347 e. The zero-order chi connectivity index (χ0) is 10.7. The predicted molar refractivity (Wildman–Crippen MR) is 58.0 cm³/mol. The van der Waals surface area contributed by atoms with Crippen molar-refractivity contribution in [3.8, 4) is 0 Å². The van der Waals surface area contributed by atoms with Gasteiger partial charge in [0, 0.05) is 20.1 Å². The molecule has 0 aliphatic heterocycles. The van der Waals surface area contributed by atoms with E-state index in [0.29, 0.717) is 12.0 Å². The Morgan fingerprint density at radius 1 is 1.57 bits per heavy atom. The average Bonchev–Trinajstić information content (AvgIpc) is 2.08. The quantitative estimate of drug-likeness (QED) is 0.681. The van der Waals surface area contributed by atoms with E-state index in [1.54, 1.807) is 19.0 Å². The standard InChI is InChI=1S/C11H20N2O/c1-5-9-6-10(7-9)12-8(2)11(14)13(3)4/h5,8-10,12H,1,6-7H2,2-4H3/t8-,9?,10?/m0/s1. The number of carbonyl (C=O) groups is 1. The zero-order valence-electron chi connectivity index (χ0n) is 9.29. The molecule has 0 radical (unpaired) electrons. The van der Waals surface area contributed by atoms with Gasteiger partial charge in [0.25, 0.3) is 0 Å². The van der Waals surface area contributed by atoms with Crippen LogP contribution < -0.4 is 5.32 Å². The van der Waals surface area contributed by atoms with E-state index in [4.69, 9.17) is 0 Å². The number of nitrogens with zero attached hydrogens (tertiary/aromatic N) is 1. The highest BCUT2D eigenvalue weighted by atomic mass is 16.2. The van der Waals surface area contributed by atoms with Gasteiger partial charge in [-0.05, 0) is 25.7 Å². The van der Waals surface area contributed by atoms with Gasteiger partial charge in [0.15, 0.2) is 0 Å². The summed E-state index contributed by atoms with van der Waals surface area (Å²) in [6.07, 6.45) is 4.24. The number of allylic oxidation sites excluding steroid dienone is 1. The molecule has 1 aliphatic rings. The van der Waals surface area contributed by atoms with Gasteiger partial charge in [-0.1, -0.05) is 6.08 Å². The Labute approximate surface area is 86.2 Å². The lowest BCUT2D eigenvalue weighted by atomic mass is 9.80. The van der Waals surface area contributed by atoms with Crippen molar-refractivity contribution in [1.29, 1.82) is 0 Å². The molecular weight excluding hydrogens is 176 g/mol. The molecule has 1 aliphatic carbocycles. The van der Waals surface area contributed by atoms with Crippen molar-refractivity contribution in [2.45, 2.75) is 31.8 Å². The highest BCUT2D eigenvalue weighted by Gasteiger charge is 2.29. The molecule has 1 amide bonds. The Bertz CT molecular complexity index is 219. The van der Waals surface area contributed by atoms with Gasteiger partial charge in [-0.15, -0.1) is 6.58 Å². The number of hydrogen-bond donors (Lipinski definition) is 1. The molecule has 1 saturated carbocycles. The van der Waals surface area contributed by atoms with Crippen molar-refractivity contribution in [3.63, 3.8) is 0 Å². The first-order chi connectivity index (χ1) is 6.54. The number of hydrogen-bond acceptors (Lipinski definition) is 2. The van der Waals surface area contributed by atoms with E-state index in [1.165, 1.54) is 0 Å². The van der Waals surface area contributed by atoms with E-state index in [-0.39, 0.29) is 11.9 Å². The van der Waals surface area contributed by atoms with E-state index in [2.05, 4.69) is 11.9 Å². The minimum absolute atomic E-state index is 0.0687. The Kier molecular flexibility index (Phi) is 3.69. The predicted octanol–water partition coefficient (Wildman–Crippen LogP) is 1.02. The van der Waals surface area contributed by atoms with Crippen LogP contribution in [0, 0.1) is 5.92 Å². The highest BCUT2D eigenvalue weighted by Crippen LogP contribution is 2.28. The zero-order valence-corrected chi connectivity index (χ0v) is 9.29. The number of carbonyl (C=O) groups excluding carboxylic acids is 1. The molecule has 3 heteroatoms.